The fourth-order valence-corrected chi connectivity index (χ4v) is 5.56. The van der Waals surface area contributed by atoms with E-state index in [0.717, 1.165) is 53.9 Å². The summed E-state index contributed by atoms with van der Waals surface area (Å²) in [7, 11) is 1.63. The number of fused-ring (bicyclic) bond motifs is 1. The highest BCUT2D eigenvalue weighted by Crippen LogP contribution is 2.33. The fraction of sp³-hybridized carbons (Fsp3) is 0.586. The van der Waals surface area contributed by atoms with Gasteiger partial charge in [0.2, 0.25) is 5.88 Å². The maximum Gasteiger partial charge on any atom is 0.410 e. The Labute approximate surface area is 230 Å². The number of amides is 1. The predicted molar refractivity (Wildman–Crippen MR) is 147 cm³/mol. The molecule has 5 heterocycles. The lowest BCUT2D eigenvalue weighted by Crippen LogP contribution is -2.42. The van der Waals surface area contributed by atoms with Crippen LogP contribution in [0.4, 0.5) is 4.79 Å². The van der Waals surface area contributed by atoms with Crippen molar-refractivity contribution in [2.24, 2.45) is 5.92 Å². The summed E-state index contributed by atoms with van der Waals surface area (Å²) in [5.41, 5.74) is 5.71. The molecule has 1 unspecified atom stereocenters. The van der Waals surface area contributed by atoms with Crippen LogP contribution in [0, 0.1) is 12.8 Å². The quantitative estimate of drug-likeness (QED) is 0.463. The van der Waals surface area contributed by atoms with E-state index in [4.69, 9.17) is 24.4 Å². The highest BCUT2D eigenvalue weighted by atomic mass is 16.6. The normalized spacial score (nSPS) is 17.4. The van der Waals surface area contributed by atoms with E-state index in [1.54, 1.807) is 7.11 Å². The lowest BCUT2D eigenvalue weighted by atomic mass is 9.90. The van der Waals surface area contributed by atoms with Crippen LogP contribution in [-0.2, 0) is 22.3 Å². The molecule has 2 aliphatic heterocycles. The molecule has 0 radical (unpaired) electrons. The van der Waals surface area contributed by atoms with Gasteiger partial charge in [-0.2, -0.15) is 10.2 Å². The lowest BCUT2D eigenvalue weighted by molar-refractivity contribution is 0.0163. The van der Waals surface area contributed by atoms with Gasteiger partial charge in [0.05, 0.1) is 55.8 Å². The van der Waals surface area contributed by atoms with E-state index >= 15 is 0 Å². The molecular formula is C29H40N6O4. The Bertz CT molecular complexity index is 1320. The van der Waals surface area contributed by atoms with Gasteiger partial charge in [-0.15, -0.1) is 0 Å². The van der Waals surface area contributed by atoms with Crippen molar-refractivity contribution in [1.29, 1.82) is 0 Å². The van der Waals surface area contributed by atoms with Crippen LogP contribution in [0.15, 0.2) is 24.7 Å². The molecule has 0 bridgehead atoms. The summed E-state index contributed by atoms with van der Waals surface area (Å²) < 4.78 is 20.8. The van der Waals surface area contributed by atoms with Gasteiger partial charge in [0.15, 0.2) is 0 Å². The summed E-state index contributed by atoms with van der Waals surface area (Å²) in [6.45, 7) is 12.6. The van der Waals surface area contributed by atoms with Gasteiger partial charge in [-0.05, 0) is 65.9 Å². The van der Waals surface area contributed by atoms with E-state index in [1.165, 1.54) is 5.56 Å². The lowest BCUT2D eigenvalue weighted by Gasteiger charge is -2.35. The second-order valence-corrected chi connectivity index (χ2v) is 11.6. The van der Waals surface area contributed by atoms with Crippen LogP contribution in [-0.4, -0.2) is 74.6 Å². The summed E-state index contributed by atoms with van der Waals surface area (Å²) in [5.74, 6) is 1.04. The molecule has 0 aliphatic carbocycles. The molecule has 1 saturated heterocycles. The van der Waals surface area contributed by atoms with Crippen molar-refractivity contribution in [3.63, 3.8) is 0 Å². The number of aromatic nitrogens is 5. The SMILES string of the molecule is COc1ncc(-n2nc(-c3cnn(C(C)C4CCN(C(=O)OC(C)(C)C)CC4)c3)c3c2CCOCC3)cc1C. The number of likely N-dealkylation sites (tertiary alicyclic amines) is 1. The molecule has 1 atom stereocenters. The van der Waals surface area contributed by atoms with E-state index in [1.807, 2.05) is 49.7 Å². The zero-order valence-electron chi connectivity index (χ0n) is 23.9. The summed E-state index contributed by atoms with van der Waals surface area (Å²) in [4.78, 5) is 18.8. The first kappa shape index (κ1) is 27.2. The Morgan fingerprint density at radius 3 is 2.59 bits per heavy atom. The number of aryl methyl sites for hydroxylation is 1. The van der Waals surface area contributed by atoms with Crippen LogP contribution < -0.4 is 4.74 Å². The zero-order valence-corrected chi connectivity index (χ0v) is 23.9. The fourth-order valence-electron chi connectivity index (χ4n) is 5.56. The minimum Gasteiger partial charge on any atom is -0.481 e. The number of rotatable bonds is 5. The maximum absolute atomic E-state index is 12.5. The number of hydrogen-bond donors (Lipinski definition) is 0. The molecule has 2 aliphatic rings. The zero-order chi connectivity index (χ0) is 27.7. The molecule has 10 nitrogen and oxygen atoms in total. The number of carbonyl (C=O) groups is 1. The smallest absolute Gasteiger partial charge is 0.410 e. The van der Waals surface area contributed by atoms with Crippen LogP contribution in [0.1, 0.15) is 63.4 Å². The van der Waals surface area contributed by atoms with E-state index in [2.05, 4.69) is 28.9 Å². The first-order valence-corrected chi connectivity index (χ1v) is 13.9. The van der Waals surface area contributed by atoms with E-state index in [9.17, 15) is 4.79 Å². The minimum absolute atomic E-state index is 0.206. The molecule has 39 heavy (non-hydrogen) atoms. The summed E-state index contributed by atoms with van der Waals surface area (Å²) in [5, 5.41) is 9.85. The van der Waals surface area contributed by atoms with Gasteiger partial charge in [0, 0.05) is 42.4 Å². The average Bonchev–Trinajstić information content (AvgIpc) is 3.45. The summed E-state index contributed by atoms with van der Waals surface area (Å²) in [6, 6.07) is 2.26. The second-order valence-electron chi connectivity index (χ2n) is 11.6. The third-order valence-electron chi connectivity index (χ3n) is 7.69. The number of methoxy groups -OCH3 is 1. The van der Waals surface area contributed by atoms with Gasteiger partial charge in [-0.3, -0.25) is 4.68 Å². The van der Waals surface area contributed by atoms with Crippen molar-refractivity contribution < 1.29 is 19.0 Å². The molecule has 0 aromatic carbocycles. The van der Waals surface area contributed by atoms with E-state index < -0.39 is 5.60 Å². The van der Waals surface area contributed by atoms with Crippen molar-refractivity contribution in [2.75, 3.05) is 33.4 Å². The molecular weight excluding hydrogens is 496 g/mol. The van der Waals surface area contributed by atoms with Crippen molar-refractivity contribution in [2.45, 2.75) is 71.9 Å². The van der Waals surface area contributed by atoms with Crippen LogP contribution >= 0.6 is 0 Å². The second kappa shape index (κ2) is 11.0. The maximum atomic E-state index is 12.5. The van der Waals surface area contributed by atoms with Crippen LogP contribution in [0.5, 0.6) is 5.88 Å². The number of nitrogens with zero attached hydrogens (tertiary/aromatic N) is 6. The monoisotopic (exact) mass is 536 g/mol. The third-order valence-corrected chi connectivity index (χ3v) is 7.69. The molecule has 5 rings (SSSR count). The number of carbonyl (C=O) groups excluding carboxylic acids is 1. The van der Waals surface area contributed by atoms with Crippen molar-refractivity contribution >= 4 is 6.09 Å². The van der Waals surface area contributed by atoms with Crippen LogP contribution in [0.25, 0.3) is 16.9 Å². The number of pyridine rings is 1. The van der Waals surface area contributed by atoms with Crippen LogP contribution in [0.2, 0.25) is 0 Å². The molecule has 0 spiro atoms. The highest BCUT2D eigenvalue weighted by Gasteiger charge is 2.30. The number of piperidine rings is 1. The van der Waals surface area contributed by atoms with Crippen molar-refractivity contribution in [3.8, 4) is 22.8 Å². The largest absolute Gasteiger partial charge is 0.481 e. The van der Waals surface area contributed by atoms with Gasteiger partial charge in [-0.1, -0.05) is 0 Å². The Morgan fingerprint density at radius 1 is 1.15 bits per heavy atom. The molecule has 1 amide bonds. The Kier molecular flexibility index (Phi) is 7.66. The van der Waals surface area contributed by atoms with Crippen molar-refractivity contribution in [3.05, 3.63) is 41.5 Å². The Morgan fingerprint density at radius 2 is 1.90 bits per heavy atom. The molecule has 3 aromatic rings. The van der Waals surface area contributed by atoms with Crippen molar-refractivity contribution in [1.82, 2.24) is 29.4 Å². The standard InChI is InChI=1S/C29H40N6O4/c1-19-15-23(17-30-27(19)37-6)35-25-10-14-38-13-9-24(25)26(32-35)22-16-31-34(18-22)20(2)21-7-11-33(12-8-21)28(36)39-29(3,4)5/h15-18,20-21H,7-14H2,1-6H3. The molecule has 3 aromatic heterocycles. The molecule has 1 fully saturated rings. The van der Waals surface area contributed by atoms with Crippen LogP contribution in [0.3, 0.4) is 0 Å². The van der Waals surface area contributed by atoms with Gasteiger partial charge >= 0.3 is 6.09 Å². The Hall–Kier alpha value is -3.40. The highest BCUT2D eigenvalue weighted by molar-refractivity contribution is 5.68. The Balaban J connectivity index is 1.36. The first-order valence-electron chi connectivity index (χ1n) is 13.9. The average molecular weight is 537 g/mol. The van der Waals surface area contributed by atoms with Gasteiger partial charge < -0.3 is 19.1 Å². The van der Waals surface area contributed by atoms with Gasteiger partial charge in [0.25, 0.3) is 0 Å². The summed E-state index contributed by atoms with van der Waals surface area (Å²) >= 11 is 0. The predicted octanol–water partition coefficient (Wildman–Crippen LogP) is 4.77. The van der Waals surface area contributed by atoms with Gasteiger partial charge in [0.1, 0.15) is 5.60 Å². The number of hydrogen-bond acceptors (Lipinski definition) is 7. The number of ether oxygens (including phenoxy) is 3. The van der Waals surface area contributed by atoms with E-state index in [0.29, 0.717) is 38.1 Å². The van der Waals surface area contributed by atoms with Gasteiger partial charge in [-0.25, -0.2) is 14.5 Å². The first-order chi connectivity index (χ1) is 18.6. The third kappa shape index (κ3) is 5.80. The molecule has 0 saturated carbocycles. The molecule has 0 N–H and O–H groups in total. The summed E-state index contributed by atoms with van der Waals surface area (Å²) in [6.07, 6.45) is 9.04. The van der Waals surface area contributed by atoms with E-state index in [-0.39, 0.29) is 12.1 Å². The minimum atomic E-state index is -0.479. The molecule has 210 valence electrons. The topological polar surface area (TPSA) is 96.5 Å². The molecule has 10 heteroatoms.